The summed E-state index contributed by atoms with van der Waals surface area (Å²) in [6.07, 6.45) is -0.241. The van der Waals surface area contributed by atoms with Gasteiger partial charge < -0.3 is 18.9 Å². The van der Waals surface area contributed by atoms with Crippen molar-refractivity contribution in [2.45, 2.75) is 13.0 Å². The smallest absolute Gasteiger partial charge is 0.259 e. The summed E-state index contributed by atoms with van der Waals surface area (Å²) >= 11 is 0. The Balaban J connectivity index is 1.52. The number of nitrogens with zero attached hydrogens (tertiary/aromatic N) is 2. The van der Waals surface area contributed by atoms with E-state index < -0.39 is 0 Å². The molecule has 1 amide bonds. The van der Waals surface area contributed by atoms with E-state index >= 15 is 0 Å². The van der Waals surface area contributed by atoms with E-state index in [1.807, 2.05) is 54.6 Å². The lowest BCUT2D eigenvalue weighted by Crippen LogP contribution is -2.42. The largest absolute Gasteiger partial charge is 0.486 e. The molecule has 0 saturated heterocycles. The Kier molecular flexibility index (Phi) is 4.54. The number of rotatable bonds is 4. The molecule has 138 valence electrons. The van der Waals surface area contributed by atoms with Gasteiger partial charge in [0.1, 0.15) is 23.6 Å². The highest BCUT2D eigenvalue weighted by Crippen LogP contribution is 2.31. The molecule has 0 radical (unpaired) electrons. The minimum Gasteiger partial charge on any atom is -0.486 e. The van der Waals surface area contributed by atoms with Crippen LogP contribution in [0, 0.1) is 6.92 Å². The number of fused-ring (bicyclic) bond motifs is 1. The quantitative estimate of drug-likeness (QED) is 0.708. The van der Waals surface area contributed by atoms with Gasteiger partial charge in [0.25, 0.3) is 5.91 Å². The highest BCUT2D eigenvalue weighted by Gasteiger charge is 2.28. The molecule has 1 aromatic heterocycles. The fourth-order valence-electron chi connectivity index (χ4n) is 3.15. The molecule has 1 atom stereocenters. The van der Waals surface area contributed by atoms with Crippen LogP contribution in [0.3, 0.4) is 0 Å². The molecule has 3 aromatic rings. The molecule has 0 aliphatic carbocycles. The number of hydrogen-bond donors (Lipinski definition) is 0. The molecular formula is C21H20N2O4. The van der Waals surface area contributed by atoms with Gasteiger partial charge in [-0.25, -0.2) is 0 Å². The number of amides is 1. The van der Waals surface area contributed by atoms with Gasteiger partial charge >= 0.3 is 0 Å². The van der Waals surface area contributed by atoms with Gasteiger partial charge in [-0.15, -0.1) is 0 Å². The number of carbonyl (C=O) groups is 1. The van der Waals surface area contributed by atoms with Crippen LogP contribution in [-0.2, 0) is 0 Å². The van der Waals surface area contributed by atoms with Gasteiger partial charge in [-0.1, -0.05) is 47.6 Å². The van der Waals surface area contributed by atoms with Gasteiger partial charge in [-0.3, -0.25) is 4.79 Å². The summed E-state index contributed by atoms with van der Waals surface area (Å²) < 4.78 is 17.0. The molecule has 0 spiro atoms. The number of hydrogen-bond acceptors (Lipinski definition) is 5. The molecule has 0 N–H and O–H groups in total. The second kappa shape index (κ2) is 7.15. The zero-order valence-corrected chi connectivity index (χ0v) is 15.2. The van der Waals surface area contributed by atoms with Crippen LogP contribution >= 0.6 is 0 Å². The molecule has 1 aliphatic heterocycles. The number of aromatic nitrogens is 1. The summed E-state index contributed by atoms with van der Waals surface area (Å²) in [4.78, 5) is 14.7. The third-order valence-corrected chi connectivity index (χ3v) is 4.52. The Labute approximate surface area is 157 Å². The van der Waals surface area contributed by atoms with Crippen LogP contribution in [0.1, 0.15) is 16.1 Å². The highest BCUT2D eigenvalue weighted by molar-refractivity contribution is 6.00. The molecule has 0 saturated carbocycles. The molecule has 0 fully saturated rings. The Bertz CT molecular complexity index is 952. The van der Waals surface area contributed by atoms with Crippen molar-refractivity contribution in [3.8, 4) is 22.8 Å². The van der Waals surface area contributed by atoms with E-state index in [1.165, 1.54) is 0 Å². The van der Waals surface area contributed by atoms with E-state index in [9.17, 15) is 4.79 Å². The minimum absolute atomic E-state index is 0.157. The Morgan fingerprint density at radius 3 is 2.59 bits per heavy atom. The number of aryl methyl sites for hydroxylation is 1. The van der Waals surface area contributed by atoms with Gasteiger partial charge in [-0.2, -0.15) is 0 Å². The van der Waals surface area contributed by atoms with Crippen LogP contribution in [0.25, 0.3) is 11.3 Å². The second-order valence-corrected chi connectivity index (χ2v) is 6.51. The van der Waals surface area contributed by atoms with Gasteiger partial charge in [-0.05, 0) is 19.1 Å². The predicted octanol–water partition coefficient (Wildman–Crippen LogP) is 3.56. The van der Waals surface area contributed by atoms with Crippen molar-refractivity contribution in [3.05, 3.63) is 65.9 Å². The summed E-state index contributed by atoms with van der Waals surface area (Å²) in [5, 5.41) is 4.09. The van der Waals surface area contributed by atoms with E-state index in [-0.39, 0.29) is 12.0 Å². The van der Waals surface area contributed by atoms with Crippen LogP contribution in [-0.4, -0.2) is 42.3 Å². The van der Waals surface area contributed by atoms with E-state index in [2.05, 4.69) is 5.16 Å². The van der Waals surface area contributed by atoms with E-state index in [0.717, 1.165) is 11.3 Å². The molecule has 2 heterocycles. The Morgan fingerprint density at radius 1 is 1.11 bits per heavy atom. The van der Waals surface area contributed by atoms with Gasteiger partial charge in [0, 0.05) is 12.6 Å². The zero-order valence-electron chi connectivity index (χ0n) is 15.2. The lowest BCUT2D eigenvalue weighted by molar-refractivity contribution is 0.0520. The first kappa shape index (κ1) is 17.1. The first-order chi connectivity index (χ1) is 13.1. The summed E-state index contributed by atoms with van der Waals surface area (Å²) in [6, 6.07) is 17.1. The first-order valence-electron chi connectivity index (χ1n) is 8.79. The second-order valence-electron chi connectivity index (χ2n) is 6.51. The van der Waals surface area contributed by atoms with E-state index in [1.54, 1.807) is 18.9 Å². The number of ether oxygens (including phenoxy) is 2. The monoisotopic (exact) mass is 364 g/mol. The van der Waals surface area contributed by atoms with Crippen molar-refractivity contribution in [1.29, 1.82) is 0 Å². The van der Waals surface area contributed by atoms with Crippen LogP contribution in [0.4, 0.5) is 0 Å². The Hall–Kier alpha value is -3.28. The topological polar surface area (TPSA) is 64.8 Å². The SMILES string of the molecule is Cc1onc(-c2ccccc2)c1C(=O)N(C)CC1COc2ccccc2O1. The maximum absolute atomic E-state index is 13.1. The van der Waals surface area contributed by atoms with Crippen LogP contribution in [0.15, 0.2) is 59.1 Å². The maximum Gasteiger partial charge on any atom is 0.259 e. The number of para-hydroxylation sites is 2. The molecular weight excluding hydrogens is 344 g/mol. The molecule has 4 rings (SSSR count). The average Bonchev–Trinajstić information content (AvgIpc) is 3.09. The molecule has 1 unspecified atom stereocenters. The van der Waals surface area contributed by atoms with Crippen molar-refractivity contribution in [3.63, 3.8) is 0 Å². The minimum atomic E-state index is -0.241. The fourth-order valence-corrected chi connectivity index (χ4v) is 3.15. The molecule has 0 bridgehead atoms. The maximum atomic E-state index is 13.1. The molecule has 6 nitrogen and oxygen atoms in total. The lowest BCUT2D eigenvalue weighted by atomic mass is 10.1. The first-order valence-corrected chi connectivity index (χ1v) is 8.79. The highest BCUT2D eigenvalue weighted by atomic mass is 16.6. The summed E-state index contributed by atoms with van der Waals surface area (Å²) in [5.74, 6) is 1.76. The van der Waals surface area contributed by atoms with Gasteiger partial charge in [0.2, 0.25) is 0 Å². The van der Waals surface area contributed by atoms with Crippen molar-refractivity contribution in [1.82, 2.24) is 10.1 Å². The third kappa shape index (κ3) is 3.38. The van der Waals surface area contributed by atoms with Gasteiger partial charge in [0.05, 0.1) is 6.54 Å². The lowest BCUT2D eigenvalue weighted by Gasteiger charge is -2.29. The van der Waals surface area contributed by atoms with Crippen LogP contribution in [0.5, 0.6) is 11.5 Å². The Morgan fingerprint density at radius 2 is 1.81 bits per heavy atom. The van der Waals surface area contributed by atoms with Crippen LogP contribution < -0.4 is 9.47 Å². The molecule has 6 heteroatoms. The molecule has 2 aromatic carbocycles. The van der Waals surface area contributed by atoms with Gasteiger partial charge in [0.15, 0.2) is 17.6 Å². The standard InChI is InChI=1S/C21H20N2O4/c1-14-19(20(22-27-14)15-8-4-3-5-9-15)21(24)23(2)12-16-13-25-17-10-6-7-11-18(17)26-16/h3-11,16H,12-13H2,1-2H3. The zero-order chi connectivity index (χ0) is 18.8. The van der Waals surface area contributed by atoms with E-state index in [0.29, 0.717) is 35.9 Å². The van der Waals surface area contributed by atoms with Crippen molar-refractivity contribution < 1.29 is 18.8 Å². The number of likely N-dealkylation sites (N-methyl/N-ethyl adjacent to an activating group) is 1. The molecule has 27 heavy (non-hydrogen) atoms. The van der Waals surface area contributed by atoms with Crippen molar-refractivity contribution in [2.75, 3.05) is 20.2 Å². The van der Waals surface area contributed by atoms with Crippen LogP contribution in [0.2, 0.25) is 0 Å². The average molecular weight is 364 g/mol. The fraction of sp³-hybridized carbons (Fsp3) is 0.238. The van der Waals surface area contributed by atoms with E-state index in [4.69, 9.17) is 14.0 Å². The number of benzene rings is 2. The summed E-state index contributed by atoms with van der Waals surface area (Å²) in [6.45, 7) is 2.53. The normalized spacial score (nSPS) is 15.4. The predicted molar refractivity (Wildman–Crippen MR) is 100.0 cm³/mol. The van der Waals surface area contributed by atoms with Crippen molar-refractivity contribution >= 4 is 5.91 Å². The van der Waals surface area contributed by atoms with Crippen molar-refractivity contribution in [2.24, 2.45) is 0 Å². The molecule has 1 aliphatic rings. The number of carbonyl (C=O) groups excluding carboxylic acids is 1. The summed E-state index contributed by atoms with van der Waals surface area (Å²) in [5.41, 5.74) is 1.87. The third-order valence-electron chi connectivity index (χ3n) is 4.52. The summed E-state index contributed by atoms with van der Waals surface area (Å²) in [7, 11) is 1.74.